The van der Waals surface area contributed by atoms with Gasteiger partial charge in [-0.2, -0.15) is 11.8 Å². The van der Waals surface area contributed by atoms with Gasteiger partial charge < -0.3 is 32.1 Å². The third-order valence-corrected chi connectivity index (χ3v) is 4.88. The van der Waals surface area contributed by atoms with Crippen LogP contribution in [0.25, 0.3) is 0 Å². The molecule has 0 radical (unpaired) electrons. The number of carbonyl (C=O) groups is 5. The minimum Gasteiger partial charge on any atom is -0.480 e. The number of carboxylic acid groups (broad SMARTS) is 1. The molecule has 0 spiro atoms. The van der Waals surface area contributed by atoms with E-state index in [4.69, 9.17) is 16.6 Å². The molecule has 28 heavy (non-hydrogen) atoms. The molecule has 1 saturated heterocycles. The van der Waals surface area contributed by atoms with Crippen LogP contribution in [0.1, 0.15) is 25.7 Å². The predicted octanol–water partition coefficient (Wildman–Crippen LogP) is -2.38. The summed E-state index contributed by atoms with van der Waals surface area (Å²) >= 11 is 1.47. The van der Waals surface area contributed by atoms with Crippen LogP contribution in [-0.2, 0) is 24.0 Å². The number of hydrogen-bond acceptors (Lipinski definition) is 7. The van der Waals surface area contributed by atoms with Gasteiger partial charge in [-0.25, -0.2) is 0 Å². The summed E-state index contributed by atoms with van der Waals surface area (Å²) in [6.45, 7) is -0.245. The molecule has 1 aliphatic rings. The molecule has 0 aromatic heterocycles. The molecule has 1 rings (SSSR count). The zero-order valence-electron chi connectivity index (χ0n) is 15.7. The van der Waals surface area contributed by atoms with Crippen molar-refractivity contribution in [3.8, 4) is 0 Å². The molecule has 0 aromatic carbocycles. The van der Waals surface area contributed by atoms with E-state index in [1.54, 1.807) is 0 Å². The Kier molecular flexibility index (Phi) is 9.73. The number of likely N-dealkylation sites (tertiary alicyclic amines) is 1. The van der Waals surface area contributed by atoms with E-state index in [0.29, 0.717) is 31.6 Å². The molecule has 0 aliphatic carbocycles. The molecule has 7 N–H and O–H groups in total. The summed E-state index contributed by atoms with van der Waals surface area (Å²) in [4.78, 5) is 60.2. The SMILES string of the molecule is CSCCC(NC(=O)C1CCCN1C(=O)C(N)CC(N)=O)C(=O)NCC(=O)O. The van der Waals surface area contributed by atoms with E-state index >= 15 is 0 Å². The first-order chi connectivity index (χ1) is 13.2. The lowest BCUT2D eigenvalue weighted by Crippen LogP contribution is -2.55. The first-order valence-corrected chi connectivity index (χ1v) is 10.2. The van der Waals surface area contributed by atoms with Gasteiger partial charge >= 0.3 is 5.97 Å². The van der Waals surface area contributed by atoms with E-state index in [1.807, 2.05) is 6.26 Å². The fraction of sp³-hybridized carbons (Fsp3) is 0.688. The summed E-state index contributed by atoms with van der Waals surface area (Å²) in [5.41, 5.74) is 10.8. The number of carbonyl (C=O) groups excluding carboxylic acids is 4. The van der Waals surface area contributed by atoms with Crippen molar-refractivity contribution >= 4 is 41.4 Å². The van der Waals surface area contributed by atoms with Gasteiger partial charge in [0.25, 0.3) is 0 Å². The second-order valence-electron chi connectivity index (χ2n) is 6.42. The number of thioether (sulfide) groups is 1. The van der Waals surface area contributed by atoms with Gasteiger partial charge in [0.2, 0.25) is 23.6 Å². The summed E-state index contributed by atoms with van der Waals surface area (Å²) in [6, 6.07) is -2.86. The van der Waals surface area contributed by atoms with Crippen molar-refractivity contribution in [3.05, 3.63) is 0 Å². The van der Waals surface area contributed by atoms with E-state index in [0.717, 1.165) is 0 Å². The molecule has 4 amide bonds. The molecule has 3 atom stereocenters. The van der Waals surface area contributed by atoms with Crippen LogP contribution in [0.3, 0.4) is 0 Å². The van der Waals surface area contributed by atoms with Crippen LogP contribution >= 0.6 is 11.8 Å². The quantitative estimate of drug-likeness (QED) is 0.246. The van der Waals surface area contributed by atoms with Gasteiger partial charge in [-0.3, -0.25) is 24.0 Å². The van der Waals surface area contributed by atoms with Gasteiger partial charge in [-0.1, -0.05) is 0 Å². The number of primary amides is 1. The number of aliphatic carboxylic acids is 1. The molecule has 11 nitrogen and oxygen atoms in total. The van der Waals surface area contributed by atoms with E-state index in [-0.39, 0.29) is 6.42 Å². The summed E-state index contributed by atoms with van der Waals surface area (Å²) in [5, 5.41) is 13.5. The molecule has 1 aliphatic heterocycles. The maximum absolute atomic E-state index is 12.7. The topological polar surface area (TPSA) is 185 Å². The second-order valence-corrected chi connectivity index (χ2v) is 7.41. The third kappa shape index (κ3) is 7.35. The minimum absolute atomic E-state index is 0.306. The lowest BCUT2D eigenvalue weighted by molar-refractivity contribution is -0.141. The summed E-state index contributed by atoms with van der Waals surface area (Å²) < 4.78 is 0. The van der Waals surface area contributed by atoms with E-state index in [9.17, 15) is 24.0 Å². The van der Waals surface area contributed by atoms with Gasteiger partial charge in [0.05, 0.1) is 12.5 Å². The van der Waals surface area contributed by atoms with Crippen molar-refractivity contribution < 1.29 is 29.1 Å². The highest BCUT2D eigenvalue weighted by Gasteiger charge is 2.37. The van der Waals surface area contributed by atoms with Crippen molar-refractivity contribution in [3.63, 3.8) is 0 Å². The average Bonchev–Trinajstić information content (AvgIpc) is 3.11. The Morgan fingerprint density at radius 3 is 2.54 bits per heavy atom. The van der Waals surface area contributed by atoms with Crippen molar-refractivity contribution in [1.29, 1.82) is 0 Å². The molecule has 1 heterocycles. The molecule has 12 heteroatoms. The van der Waals surface area contributed by atoms with Crippen LogP contribution in [0.5, 0.6) is 0 Å². The standard InChI is InChI=1S/C16H27N5O6S/c1-28-6-4-10(14(25)19-8-13(23)24)20-15(26)11-3-2-5-21(11)16(27)9(17)7-12(18)22/h9-11H,2-8,17H2,1H3,(H2,18,22)(H,19,25)(H,20,26)(H,23,24). The lowest BCUT2D eigenvalue weighted by Gasteiger charge is -2.28. The van der Waals surface area contributed by atoms with Crippen molar-refractivity contribution in [2.24, 2.45) is 11.5 Å². The highest BCUT2D eigenvalue weighted by molar-refractivity contribution is 7.98. The van der Waals surface area contributed by atoms with E-state index in [2.05, 4.69) is 10.6 Å². The third-order valence-electron chi connectivity index (χ3n) is 4.23. The van der Waals surface area contributed by atoms with E-state index in [1.165, 1.54) is 16.7 Å². The second kappa shape index (κ2) is 11.5. The van der Waals surface area contributed by atoms with Gasteiger partial charge in [-0.15, -0.1) is 0 Å². The Morgan fingerprint density at radius 1 is 1.29 bits per heavy atom. The molecule has 158 valence electrons. The molecular weight excluding hydrogens is 390 g/mol. The zero-order valence-corrected chi connectivity index (χ0v) is 16.5. The molecule has 0 saturated carbocycles. The normalized spacial score (nSPS) is 18.2. The fourth-order valence-corrected chi connectivity index (χ4v) is 3.35. The van der Waals surface area contributed by atoms with Crippen LogP contribution in [0.2, 0.25) is 0 Å². The van der Waals surface area contributed by atoms with Gasteiger partial charge in [0.1, 0.15) is 18.6 Å². The van der Waals surface area contributed by atoms with Crippen LogP contribution in [0.15, 0.2) is 0 Å². The molecular formula is C16H27N5O6S. The lowest BCUT2D eigenvalue weighted by atomic mass is 10.1. The Bertz CT molecular complexity index is 616. The van der Waals surface area contributed by atoms with Crippen LogP contribution in [0.4, 0.5) is 0 Å². The average molecular weight is 417 g/mol. The van der Waals surface area contributed by atoms with Gasteiger partial charge in [0.15, 0.2) is 0 Å². The number of nitrogens with one attached hydrogen (secondary N) is 2. The Balaban J connectivity index is 2.78. The van der Waals surface area contributed by atoms with Crippen LogP contribution in [-0.4, -0.2) is 82.8 Å². The maximum Gasteiger partial charge on any atom is 0.322 e. The first-order valence-electron chi connectivity index (χ1n) is 8.80. The van der Waals surface area contributed by atoms with Gasteiger partial charge in [-0.05, 0) is 31.3 Å². The Hall–Kier alpha value is -2.34. The number of rotatable bonds is 11. The smallest absolute Gasteiger partial charge is 0.322 e. The highest BCUT2D eigenvalue weighted by atomic mass is 32.2. The summed E-state index contributed by atoms with van der Waals surface area (Å²) in [6.07, 6.45) is 2.80. The van der Waals surface area contributed by atoms with E-state index < -0.39 is 54.3 Å². The summed E-state index contributed by atoms with van der Waals surface area (Å²) in [7, 11) is 0. The van der Waals surface area contributed by atoms with Crippen molar-refractivity contribution in [2.45, 2.75) is 43.8 Å². The monoisotopic (exact) mass is 417 g/mol. The molecule has 3 unspecified atom stereocenters. The number of carboxylic acids is 1. The number of amides is 4. The fourth-order valence-electron chi connectivity index (χ4n) is 2.88. The molecule has 0 bridgehead atoms. The number of nitrogens with zero attached hydrogens (tertiary/aromatic N) is 1. The number of hydrogen-bond donors (Lipinski definition) is 5. The zero-order chi connectivity index (χ0) is 21.3. The first kappa shape index (κ1) is 23.7. The molecule has 0 aromatic rings. The van der Waals surface area contributed by atoms with Gasteiger partial charge in [0, 0.05) is 6.54 Å². The van der Waals surface area contributed by atoms with Crippen LogP contribution in [0, 0.1) is 0 Å². The highest BCUT2D eigenvalue weighted by Crippen LogP contribution is 2.19. The summed E-state index contributed by atoms with van der Waals surface area (Å²) in [5.74, 6) is -3.01. The molecule has 1 fully saturated rings. The maximum atomic E-state index is 12.7. The largest absolute Gasteiger partial charge is 0.480 e. The van der Waals surface area contributed by atoms with Crippen LogP contribution < -0.4 is 22.1 Å². The Morgan fingerprint density at radius 2 is 1.96 bits per heavy atom. The number of nitrogens with two attached hydrogens (primary N) is 2. The van der Waals surface area contributed by atoms with Crippen molar-refractivity contribution in [2.75, 3.05) is 25.1 Å². The predicted molar refractivity (Wildman–Crippen MR) is 102 cm³/mol. The Labute approximate surface area is 166 Å². The minimum atomic E-state index is -1.20. The van der Waals surface area contributed by atoms with Crippen molar-refractivity contribution in [1.82, 2.24) is 15.5 Å².